The van der Waals surface area contributed by atoms with Crippen LogP contribution >= 0.6 is 22.9 Å². The zero-order valence-corrected chi connectivity index (χ0v) is 18.3. The third-order valence-electron chi connectivity index (χ3n) is 5.27. The van der Waals surface area contributed by atoms with Crippen LogP contribution in [0.2, 0.25) is 5.02 Å². The molecule has 0 saturated carbocycles. The number of rotatable bonds is 4. The predicted molar refractivity (Wildman–Crippen MR) is 117 cm³/mol. The summed E-state index contributed by atoms with van der Waals surface area (Å²) in [5.74, 6) is -0.130. The topological polar surface area (TPSA) is 117 Å². The fraction of sp³-hybridized carbons (Fsp3) is 0.316. The number of likely N-dealkylation sites (tertiary alicyclic amines) is 1. The van der Waals surface area contributed by atoms with Gasteiger partial charge in [0, 0.05) is 19.0 Å². The number of ether oxygens (including phenoxy) is 1. The van der Waals surface area contributed by atoms with Crippen molar-refractivity contribution in [2.24, 2.45) is 0 Å². The molecule has 0 bridgehead atoms. The van der Waals surface area contributed by atoms with Crippen LogP contribution in [0.25, 0.3) is 0 Å². The Bertz CT molecular complexity index is 1110. The van der Waals surface area contributed by atoms with E-state index in [-0.39, 0.29) is 24.1 Å². The highest BCUT2D eigenvalue weighted by Crippen LogP contribution is 2.45. The maximum atomic E-state index is 13.3. The number of pyridine rings is 1. The number of methoxy groups -OCH3 is 1. The van der Waals surface area contributed by atoms with E-state index in [0.717, 1.165) is 17.4 Å². The lowest BCUT2D eigenvalue weighted by Gasteiger charge is -2.39. The second kappa shape index (κ2) is 7.82. The molecule has 10 nitrogen and oxygen atoms in total. The van der Waals surface area contributed by atoms with E-state index in [1.807, 2.05) is 0 Å². The average molecular weight is 463 g/mol. The molecule has 0 aromatic carbocycles. The second-order valence-electron chi connectivity index (χ2n) is 7.12. The molecule has 2 aromatic heterocycles. The van der Waals surface area contributed by atoms with Gasteiger partial charge in [-0.15, -0.1) is 11.3 Å². The molecule has 31 heavy (non-hydrogen) atoms. The number of thiazole rings is 1. The van der Waals surface area contributed by atoms with Crippen molar-refractivity contribution in [1.82, 2.24) is 14.9 Å². The maximum absolute atomic E-state index is 13.3. The normalized spacial score (nSPS) is 19.8. The molecular formula is C19H19ClN6O4S. The first kappa shape index (κ1) is 21.1. The fourth-order valence-electron chi connectivity index (χ4n) is 3.77. The van der Waals surface area contributed by atoms with Crippen LogP contribution < -0.4 is 20.3 Å². The number of nitrogens with zero attached hydrogens (tertiary/aromatic N) is 4. The number of fused-ring (bicyclic) bond motifs is 1. The van der Waals surface area contributed by atoms with Crippen molar-refractivity contribution in [3.63, 3.8) is 0 Å². The summed E-state index contributed by atoms with van der Waals surface area (Å²) in [4.78, 5) is 49.2. The Hall–Kier alpha value is -3.18. The van der Waals surface area contributed by atoms with Crippen molar-refractivity contribution >= 4 is 57.3 Å². The molecule has 162 valence electrons. The minimum atomic E-state index is -1.01. The lowest BCUT2D eigenvalue weighted by Crippen LogP contribution is -2.58. The molecule has 1 fully saturated rings. The molecule has 2 aromatic rings. The molecule has 4 heterocycles. The minimum Gasteiger partial charge on any atom is -0.493 e. The largest absolute Gasteiger partial charge is 0.493 e. The molecule has 1 saturated heterocycles. The molecule has 1 atom stereocenters. The lowest BCUT2D eigenvalue weighted by atomic mass is 9.93. The fourth-order valence-corrected chi connectivity index (χ4v) is 4.67. The van der Waals surface area contributed by atoms with Gasteiger partial charge in [0.1, 0.15) is 21.9 Å². The van der Waals surface area contributed by atoms with E-state index in [9.17, 15) is 14.4 Å². The van der Waals surface area contributed by atoms with Crippen LogP contribution in [0.5, 0.6) is 5.75 Å². The highest BCUT2D eigenvalue weighted by Gasteiger charge is 2.52. The van der Waals surface area contributed by atoms with Gasteiger partial charge in [-0.1, -0.05) is 18.2 Å². The van der Waals surface area contributed by atoms with Crippen LogP contribution in [0.15, 0.2) is 24.2 Å². The van der Waals surface area contributed by atoms with Crippen LogP contribution in [0.1, 0.15) is 16.9 Å². The van der Waals surface area contributed by atoms with Crippen LogP contribution in [0.3, 0.4) is 0 Å². The van der Waals surface area contributed by atoms with Crippen LogP contribution in [0.4, 0.5) is 16.6 Å². The lowest BCUT2D eigenvalue weighted by molar-refractivity contribution is -0.122. The van der Waals surface area contributed by atoms with Crippen LogP contribution in [0, 0.1) is 0 Å². The molecule has 2 aliphatic rings. The van der Waals surface area contributed by atoms with Crippen molar-refractivity contribution in [1.29, 1.82) is 0 Å². The second-order valence-corrected chi connectivity index (χ2v) is 8.38. The van der Waals surface area contributed by atoms with Gasteiger partial charge in [0.2, 0.25) is 5.91 Å². The molecule has 1 unspecified atom stereocenters. The van der Waals surface area contributed by atoms with Crippen molar-refractivity contribution < 1.29 is 19.1 Å². The molecular weight excluding hydrogens is 444 g/mol. The van der Waals surface area contributed by atoms with E-state index >= 15 is 0 Å². The summed E-state index contributed by atoms with van der Waals surface area (Å²) in [7, 11) is 3.10. The van der Waals surface area contributed by atoms with Crippen LogP contribution in [-0.2, 0) is 9.59 Å². The number of likely N-dealkylation sites (N-methyl/N-ethyl adjacent to an activating group) is 1. The van der Waals surface area contributed by atoms with Gasteiger partial charge in [0.15, 0.2) is 16.7 Å². The smallest absolute Gasteiger partial charge is 0.273 e. The maximum Gasteiger partial charge on any atom is 0.273 e. The zero-order valence-electron chi connectivity index (χ0n) is 16.8. The number of carbonyl (C=O) groups is 3. The minimum absolute atomic E-state index is 0.146. The van der Waals surface area contributed by atoms with E-state index in [4.69, 9.17) is 16.3 Å². The summed E-state index contributed by atoms with van der Waals surface area (Å²) < 4.78 is 5.35. The van der Waals surface area contributed by atoms with E-state index in [1.54, 1.807) is 17.3 Å². The van der Waals surface area contributed by atoms with E-state index in [0.29, 0.717) is 40.4 Å². The molecule has 0 aliphatic carbocycles. The number of halogens is 1. The first-order valence-corrected chi connectivity index (χ1v) is 10.5. The quantitative estimate of drug-likeness (QED) is 0.667. The average Bonchev–Trinajstić information content (AvgIpc) is 3.40. The van der Waals surface area contributed by atoms with Crippen molar-refractivity contribution in [2.75, 3.05) is 42.8 Å². The van der Waals surface area contributed by atoms with Gasteiger partial charge in [-0.2, -0.15) is 0 Å². The van der Waals surface area contributed by atoms with Gasteiger partial charge in [-0.25, -0.2) is 9.97 Å². The monoisotopic (exact) mass is 462 g/mol. The van der Waals surface area contributed by atoms with Crippen molar-refractivity contribution in [3.8, 4) is 5.75 Å². The van der Waals surface area contributed by atoms with Gasteiger partial charge in [0.25, 0.3) is 11.8 Å². The summed E-state index contributed by atoms with van der Waals surface area (Å²) in [5.41, 5.74) is -0.360. The van der Waals surface area contributed by atoms with E-state index in [2.05, 4.69) is 27.2 Å². The van der Waals surface area contributed by atoms with E-state index in [1.165, 1.54) is 18.2 Å². The number of anilines is 3. The number of nitrogens with one attached hydrogen (secondary N) is 2. The van der Waals surface area contributed by atoms with Gasteiger partial charge in [-0.3, -0.25) is 19.7 Å². The van der Waals surface area contributed by atoms with Crippen molar-refractivity contribution in [2.45, 2.75) is 12.0 Å². The summed E-state index contributed by atoms with van der Waals surface area (Å²) in [6.07, 6.45) is 2.98. The molecule has 1 spiro atoms. The molecule has 2 aliphatic heterocycles. The Morgan fingerprint density at radius 2 is 2.26 bits per heavy atom. The third kappa shape index (κ3) is 3.49. The standard InChI is InChI=1S/C19H19ClN6O4S/c1-4-12(27)23-18-22-11(8-31-18)16(28)26-6-5-19(9-26)17(29)25(2)13-14(30-3)10(20)7-21-15(13)24-19/h4,7-8H,1,5-6,9H2,2-3H3,(H,21,24)(H,22,23,27). The number of aromatic nitrogens is 2. The zero-order chi connectivity index (χ0) is 22.3. The van der Waals surface area contributed by atoms with Crippen molar-refractivity contribution in [3.05, 3.63) is 34.9 Å². The first-order chi connectivity index (χ1) is 14.8. The van der Waals surface area contributed by atoms with Gasteiger partial charge >= 0.3 is 0 Å². The first-order valence-electron chi connectivity index (χ1n) is 9.26. The number of carbonyl (C=O) groups excluding carboxylic acids is 3. The summed E-state index contributed by atoms with van der Waals surface area (Å²) >= 11 is 7.30. The Morgan fingerprint density at radius 1 is 1.48 bits per heavy atom. The molecule has 4 rings (SSSR count). The number of amides is 3. The third-order valence-corrected chi connectivity index (χ3v) is 6.30. The number of hydrogen-bond acceptors (Lipinski definition) is 8. The summed E-state index contributed by atoms with van der Waals surface area (Å²) in [6.45, 7) is 3.89. The molecule has 12 heteroatoms. The SMILES string of the molecule is C=CC(=O)Nc1nc(C(=O)N2CCC3(C2)Nc2ncc(Cl)c(OC)c2N(C)C3=O)cs1. The number of hydrogen-bond donors (Lipinski definition) is 2. The Labute approximate surface area is 186 Å². The highest BCUT2D eigenvalue weighted by atomic mass is 35.5. The van der Waals surface area contributed by atoms with Gasteiger partial charge in [0.05, 0.1) is 19.9 Å². The molecule has 2 N–H and O–H groups in total. The Balaban J connectivity index is 1.56. The Kier molecular flexibility index (Phi) is 5.31. The van der Waals surface area contributed by atoms with Gasteiger partial charge in [-0.05, 0) is 12.5 Å². The summed E-state index contributed by atoms with van der Waals surface area (Å²) in [6, 6.07) is 0. The molecule has 3 amide bonds. The summed E-state index contributed by atoms with van der Waals surface area (Å²) in [5, 5.41) is 7.90. The molecule has 0 radical (unpaired) electrons. The predicted octanol–water partition coefficient (Wildman–Crippen LogP) is 2.00. The Morgan fingerprint density at radius 3 is 2.97 bits per heavy atom. The van der Waals surface area contributed by atoms with Gasteiger partial charge < -0.3 is 19.9 Å². The van der Waals surface area contributed by atoms with E-state index < -0.39 is 11.4 Å². The van der Waals surface area contributed by atoms with Crippen LogP contribution in [-0.4, -0.2) is 65.4 Å². The highest BCUT2D eigenvalue weighted by molar-refractivity contribution is 7.14.